The molecule has 1 aromatic carbocycles. The molecule has 7 nitrogen and oxygen atoms in total. The van der Waals surface area contributed by atoms with Gasteiger partial charge in [-0.25, -0.2) is 4.98 Å². The van der Waals surface area contributed by atoms with E-state index >= 15 is 0 Å². The number of nitrogens with one attached hydrogen (secondary N) is 2. The first-order chi connectivity index (χ1) is 9.26. The number of rotatable bonds is 3. The van der Waals surface area contributed by atoms with E-state index in [2.05, 4.69) is 30.1 Å². The molecule has 0 fully saturated rings. The molecule has 2 aromatic heterocycles. The van der Waals surface area contributed by atoms with Crippen molar-refractivity contribution < 1.29 is 4.84 Å². The van der Waals surface area contributed by atoms with E-state index in [1.165, 1.54) is 6.33 Å². The number of aromatic nitrogens is 4. The Labute approximate surface area is 112 Å². The second-order valence-electron chi connectivity index (χ2n) is 3.71. The standard InChI is InChI=1S/C11H9ClN6O/c12-11-17-9-8(14-5-15-9)10(18-11)16-6-2-1-3-7(4-6)19-13/h1-5H,13H2,(H2,14,15,16,17,18). The fourth-order valence-corrected chi connectivity index (χ4v) is 1.85. The molecule has 96 valence electrons. The van der Waals surface area contributed by atoms with Crippen molar-refractivity contribution in [3.63, 3.8) is 0 Å². The van der Waals surface area contributed by atoms with Gasteiger partial charge in [0.2, 0.25) is 5.28 Å². The van der Waals surface area contributed by atoms with Gasteiger partial charge in [0.25, 0.3) is 0 Å². The van der Waals surface area contributed by atoms with Crippen molar-refractivity contribution in [2.45, 2.75) is 0 Å². The van der Waals surface area contributed by atoms with Gasteiger partial charge in [-0.15, -0.1) is 0 Å². The van der Waals surface area contributed by atoms with Crippen molar-refractivity contribution in [3.05, 3.63) is 35.9 Å². The molecular weight excluding hydrogens is 268 g/mol. The third-order valence-corrected chi connectivity index (χ3v) is 2.65. The molecule has 0 atom stereocenters. The normalized spacial score (nSPS) is 10.6. The summed E-state index contributed by atoms with van der Waals surface area (Å²) in [5.74, 6) is 6.15. The van der Waals surface area contributed by atoms with Crippen LogP contribution < -0.4 is 16.1 Å². The highest BCUT2D eigenvalue weighted by Crippen LogP contribution is 2.24. The third kappa shape index (κ3) is 2.28. The molecule has 0 bridgehead atoms. The maximum atomic E-state index is 5.85. The molecule has 0 saturated heterocycles. The summed E-state index contributed by atoms with van der Waals surface area (Å²) in [5, 5.41) is 3.23. The monoisotopic (exact) mass is 276 g/mol. The van der Waals surface area contributed by atoms with Gasteiger partial charge in [0.15, 0.2) is 17.0 Å². The van der Waals surface area contributed by atoms with Crippen molar-refractivity contribution in [2.24, 2.45) is 5.90 Å². The minimum absolute atomic E-state index is 0.130. The topological polar surface area (TPSA) is 102 Å². The molecule has 0 aliphatic rings. The molecule has 3 rings (SSSR count). The summed E-state index contributed by atoms with van der Waals surface area (Å²) < 4.78 is 0. The second kappa shape index (κ2) is 4.71. The van der Waals surface area contributed by atoms with Gasteiger partial charge in [-0.2, -0.15) is 15.9 Å². The number of imidazole rings is 1. The zero-order chi connectivity index (χ0) is 13.2. The molecule has 0 unspecified atom stereocenters. The van der Waals surface area contributed by atoms with Crippen LogP contribution in [-0.2, 0) is 0 Å². The Balaban J connectivity index is 2.02. The lowest BCUT2D eigenvalue weighted by atomic mass is 10.3. The molecule has 0 saturated carbocycles. The van der Waals surface area contributed by atoms with Crippen LogP contribution in [0.25, 0.3) is 11.2 Å². The predicted octanol–water partition coefficient (Wildman–Crippen LogP) is 2.00. The Kier molecular flexibility index (Phi) is 2.90. The van der Waals surface area contributed by atoms with Crippen LogP contribution >= 0.6 is 11.6 Å². The lowest BCUT2D eigenvalue weighted by Crippen LogP contribution is -2.02. The van der Waals surface area contributed by atoms with E-state index in [-0.39, 0.29) is 5.28 Å². The fourth-order valence-electron chi connectivity index (χ4n) is 1.68. The van der Waals surface area contributed by atoms with Gasteiger partial charge in [0.1, 0.15) is 5.75 Å². The first kappa shape index (κ1) is 11.7. The molecule has 0 aliphatic carbocycles. The van der Waals surface area contributed by atoms with Crippen LogP contribution in [0.15, 0.2) is 30.6 Å². The molecule has 0 spiro atoms. The number of nitrogens with two attached hydrogens (primary N) is 1. The van der Waals surface area contributed by atoms with Crippen molar-refractivity contribution in [1.82, 2.24) is 19.9 Å². The molecule has 0 aliphatic heterocycles. The molecule has 2 heterocycles. The van der Waals surface area contributed by atoms with Gasteiger partial charge in [-0.1, -0.05) is 6.07 Å². The van der Waals surface area contributed by atoms with E-state index in [9.17, 15) is 0 Å². The summed E-state index contributed by atoms with van der Waals surface area (Å²) in [6.45, 7) is 0. The molecule has 0 amide bonds. The number of fused-ring (bicyclic) bond motifs is 1. The molecule has 4 N–H and O–H groups in total. The van der Waals surface area contributed by atoms with Crippen molar-refractivity contribution in [1.29, 1.82) is 0 Å². The maximum absolute atomic E-state index is 5.85. The Bertz CT molecular complexity index is 728. The number of aromatic amines is 1. The molecule has 3 aromatic rings. The van der Waals surface area contributed by atoms with E-state index in [1.54, 1.807) is 18.2 Å². The predicted molar refractivity (Wildman–Crippen MR) is 71.2 cm³/mol. The number of halogens is 1. The summed E-state index contributed by atoms with van der Waals surface area (Å²) in [7, 11) is 0. The molecule has 19 heavy (non-hydrogen) atoms. The van der Waals surface area contributed by atoms with Crippen LogP contribution in [-0.4, -0.2) is 19.9 Å². The molecule has 0 radical (unpaired) electrons. The quantitative estimate of drug-likeness (QED) is 0.499. The number of nitrogens with zero attached hydrogens (tertiary/aromatic N) is 3. The Hall–Kier alpha value is -2.38. The van der Waals surface area contributed by atoms with Gasteiger partial charge < -0.3 is 15.1 Å². The van der Waals surface area contributed by atoms with E-state index in [0.29, 0.717) is 22.7 Å². The van der Waals surface area contributed by atoms with Crippen LogP contribution in [0.2, 0.25) is 5.28 Å². The van der Waals surface area contributed by atoms with Crippen molar-refractivity contribution >= 4 is 34.3 Å². The van der Waals surface area contributed by atoms with Crippen LogP contribution in [0.5, 0.6) is 5.75 Å². The van der Waals surface area contributed by atoms with Crippen LogP contribution in [0.3, 0.4) is 0 Å². The summed E-state index contributed by atoms with van der Waals surface area (Å²) in [6, 6.07) is 7.11. The number of anilines is 2. The smallest absolute Gasteiger partial charge is 0.226 e. The van der Waals surface area contributed by atoms with E-state index < -0.39 is 0 Å². The number of H-pyrrole nitrogens is 1. The zero-order valence-electron chi connectivity index (χ0n) is 9.59. The highest BCUT2D eigenvalue weighted by molar-refractivity contribution is 6.28. The first-order valence-corrected chi connectivity index (χ1v) is 5.74. The summed E-state index contributed by atoms with van der Waals surface area (Å²) >= 11 is 5.85. The summed E-state index contributed by atoms with van der Waals surface area (Å²) in [4.78, 5) is 19.8. The lowest BCUT2D eigenvalue weighted by molar-refractivity contribution is 0.334. The van der Waals surface area contributed by atoms with Crippen LogP contribution in [0.4, 0.5) is 11.5 Å². The summed E-state index contributed by atoms with van der Waals surface area (Å²) in [5.41, 5.74) is 1.92. The largest absolute Gasteiger partial charge is 0.411 e. The van der Waals surface area contributed by atoms with Gasteiger partial charge in [-0.05, 0) is 23.7 Å². The number of hydrogen-bond donors (Lipinski definition) is 3. The Morgan fingerprint density at radius 3 is 3.05 bits per heavy atom. The Morgan fingerprint density at radius 2 is 2.21 bits per heavy atom. The highest BCUT2D eigenvalue weighted by Gasteiger charge is 2.09. The minimum atomic E-state index is 0.130. The van der Waals surface area contributed by atoms with Gasteiger partial charge >= 0.3 is 0 Å². The SMILES string of the molecule is NOc1cccc(Nc2nc(Cl)nc3[nH]cnc23)c1. The van der Waals surface area contributed by atoms with Gasteiger partial charge in [0, 0.05) is 11.8 Å². The van der Waals surface area contributed by atoms with E-state index in [4.69, 9.17) is 17.5 Å². The van der Waals surface area contributed by atoms with Gasteiger partial charge in [0.05, 0.1) is 6.33 Å². The minimum Gasteiger partial charge on any atom is -0.411 e. The average Bonchev–Trinajstić information content (AvgIpc) is 2.87. The molecular formula is C11H9ClN6O. The number of benzene rings is 1. The fraction of sp³-hybridized carbons (Fsp3) is 0. The second-order valence-corrected chi connectivity index (χ2v) is 4.05. The zero-order valence-corrected chi connectivity index (χ0v) is 10.3. The maximum Gasteiger partial charge on any atom is 0.226 e. The first-order valence-electron chi connectivity index (χ1n) is 5.37. The number of hydrogen-bond acceptors (Lipinski definition) is 6. The summed E-state index contributed by atoms with van der Waals surface area (Å²) in [6.07, 6.45) is 1.53. The average molecular weight is 277 g/mol. The van der Waals surface area contributed by atoms with E-state index in [1.807, 2.05) is 6.07 Å². The third-order valence-electron chi connectivity index (χ3n) is 2.48. The van der Waals surface area contributed by atoms with Gasteiger partial charge in [-0.3, -0.25) is 0 Å². The lowest BCUT2D eigenvalue weighted by Gasteiger charge is -2.07. The van der Waals surface area contributed by atoms with Crippen LogP contribution in [0, 0.1) is 0 Å². The van der Waals surface area contributed by atoms with Crippen LogP contribution in [0.1, 0.15) is 0 Å². The Morgan fingerprint density at radius 1 is 1.32 bits per heavy atom. The van der Waals surface area contributed by atoms with Crippen molar-refractivity contribution in [2.75, 3.05) is 5.32 Å². The highest BCUT2D eigenvalue weighted by atomic mass is 35.5. The van der Waals surface area contributed by atoms with E-state index in [0.717, 1.165) is 5.69 Å². The van der Waals surface area contributed by atoms with Crippen molar-refractivity contribution in [3.8, 4) is 5.75 Å². The molecule has 8 heteroatoms.